The highest BCUT2D eigenvalue weighted by atomic mass is 16.5. The molecular weight excluding hydrogens is 171 g/mol. The van der Waals surface area contributed by atoms with Crippen LogP contribution in [-0.2, 0) is 0 Å². The summed E-state index contributed by atoms with van der Waals surface area (Å²) in [6.07, 6.45) is 2.65. The second-order valence-electron chi connectivity index (χ2n) is 2.82. The van der Waals surface area contributed by atoms with E-state index in [4.69, 9.17) is 14.8 Å². The first-order chi connectivity index (χ1) is 6.09. The summed E-state index contributed by atoms with van der Waals surface area (Å²) in [5.74, 6) is 0.374. The molecule has 0 unspecified atom stereocenters. The third-order valence-corrected chi connectivity index (χ3v) is 1.27. The van der Waals surface area contributed by atoms with E-state index in [1.54, 1.807) is 0 Å². The molecule has 0 aliphatic carbocycles. The van der Waals surface area contributed by atoms with Crippen LogP contribution in [0.25, 0.3) is 0 Å². The molecule has 1 rings (SSSR count). The zero-order chi connectivity index (χ0) is 9.84. The minimum Gasteiger partial charge on any atom is -0.474 e. The van der Waals surface area contributed by atoms with Crippen molar-refractivity contribution in [3.05, 3.63) is 12.4 Å². The lowest BCUT2D eigenvalue weighted by Crippen LogP contribution is -2.32. The van der Waals surface area contributed by atoms with Crippen molar-refractivity contribution in [3.63, 3.8) is 0 Å². The van der Waals surface area contributed by atoms with Gasteiger partial charge in [0, 0.05) is 6.20 Å². The summed E-state index contributed by atoms with van der Waals surface area (Å²) >= 11 is 0. The Balaban J connectivity index is 2.70. The fourth-order valence-electron chi connectivity index (χ4n) is 0.762. The molecule has 13 heavy (non-hydrogen) atoms. The third kappa shape index (κ3) is 3.00. The van der Waals surface area contributed by atoms with E-state index < -0.39 is 7.12 Å². The van der Waals surface area contributed by atoms with Crippen LogP contribution < -0.4 is 10.3 Å². The molecular formula is C7H11BN2O3. The van der Waals surface area contributed by atoms with Gasteiger partial charge < -0.3 is 14.8 Å². The first-order valence-electron chi connectivity index (χ1n) is 3.94. The van der Waals surface area contributed by atoms with E-state index in [9.17, 15) is 0 Å². The Hall–Kier alpha value is -1.14. The molecule has 0 aliphatic rings. The van der Waals surface area contributed by atoms with Crippen molar-refractivity contribution in [2.75, 3.05) is 0 Å². The van der Waals surface area contributed by atoms with Crippen molar-refractivity contribution in [1.29, 1.82) is 0 Å². The monoisotopic (exact) mass is 182 g/mol. The van der Waals surface area contributed by atoms with Crippen LogP contribution in [-0.4, -0.2) is 33.2 Å². The highest BCUT2D eigenvalue weighted by Crippen LogP contribution is 2.02. The highest BCUT2D eigenvalue weighted by molar-refractivity contribution is 6.57. The van der Waals surface area contributed by atoms with E-state index in [-0.39, 0.29) is 11.7 Å². The first kappa shape index (κ1) is 9.95. The highest BCUT2D eigenvalue weighted by Gasteiger charge is 2.13. The predicted molar refractivity (Wildman–Crippen MR) is 47.6 cm³/mol. The van der Waals surface area contributed by atoms with Gasteiger partial charge >= 0.3 is 7.12 Å². The average Bonchev–Trinajstić information content (AvgIpc) is 2.04. The zero-order valence-corrected chi connectivity index (χ0v) is 7.51. The van der Waals surface area contributed by atoms with E-state index in [1.165, 1.54) is 12.4 Å². The molecule has 0 aromatic carbocycles. The molecule has 0 saturated carbocycles. The summed E-state index contributed by atoms with van der Waals surface area (Å²) < 4.78 is 5.21. The normalized spacial score (nSPS) is 10.2. The number of ether oxygens (including phenoxy) is 1. The van der Waals surface area contributed by atoms with Crippen LogP contribution >= 0.6 is 0 Å². The number of hydrogen-bond donors (Lipinski definition) is 2. The van der Waals surface area contributed by atoms with Crippen molar-refractivity contribution in [2.45, 2.75) is 20.0 Å². The minimum absolute atomic E-state index is 0.0270. The maximum Gasteiger partial charge on any atom is 0.509 e. The lowest BCUT2D eigenvalue weighted by atomic mass is 9.87. The van der Waals surface area contributed by atoms with Gasteiger partial charge in [-0.05, 0) is 13.8 Å². The van der Waals surface area contributed by atoms with Gasteiger partial charge in [-0.1, -0.05) is 0 Å². The number of rotatable bonds is 3. The van der Waals surface area contributed by atoms with Crippen LogP contribution in [0.15, 0.2) is 12.4 Å². The predicted octanol–water partition coefficient (Wildman–Crippen LogP) is -1.06. The van der Waals surface area contributed by atoms with Gasteiger partial charge in [0.15, 0.2) is 0 Å². The van der Waals surface area contributed by atoms with Crippen LogP contribution in [0, 0.1) is 0 Å². The molecule has 0 radical (unpaired) electrons. The van der Waals surface area contributed by atoms with Crippen LogP contribution in [0.1, 0.15) is 13.8 Å². The van der Waals surface area contributed by atoms with Crippen molar-refractivity contribution < 1.29 is 14.8 Å². The Kier molecular flexibility index (Phi) is 3.22. The average molecular weight is 182 g/mol. The molecule has 0 atom stereocenters. The third-order valence-electron chi connectivity index (χ3n) is 1.27. The van der Waals surface area contributed by atoms with Gasteiger partial charge in [0.25, 0.3) is 0 Å². The van der Waals surface area contributed by atoms with Gasteiger partial charge in [0.05, 0.1) is 17.9 Å². The van der Waals surface area contributed by atoms with Crippen LogP contribution in [0.3, 0.4) is 0 Å². The Morgan fingerprint density at radius 1 is 1.31 bits per heavy atom. The molecule has 2 N–H and O–H groups in total. The van der Waals surface area contributed by atoms with Gasteiger partial charge in [-0.2, -0.15) is 0 Å². The summed E-state index contributed by atoms with van der Waals surface area (Å²) in [5, 5.41) is 17.4. The minimum atomic E-state index is -1.58. The SMILES string of the molecule is CC(C)Oc1cnc(B(O)O)cn1. The molecule has 0 bridgehead atoms. The van der Waals surface area contributed by atoms with Crippen LogP contribution in [0.5, 0.6) is 5.88 Å². The van der Waals surface area contributed by atoms with Crippen LogP contribution in [0.2, 0.25) is 0 Å². The van der Waals surface area contributed by atoms with Crippen molar-refractivity contribution in [2.24, 2.45) is 0 Å². The Bertz CT molecular complexity index is 263. The maximum absolute atomic E-state index is 8.71. The van der Waals surface area contributed by atoms with Gasteiger partial charge in [0.2, 0.25) is 5.88 Å². The number of nitrogens with zero attached hydrogens (tertiary/aromatic N) is 2. The lowest BCUT2D eigenvalue weighted by Gasteiger charge is -2.07. The molecule has 6 heteroatoms. The molecule has 0 saturated heterocycles. The van der Waals surface area contributed by atoms with E-state index in [0.717, 1.165) is 0 Å². The largest absolute Gasteiger partial charge is 0.509 e. The maximum atomic E-state index is 8.71. The fraction of sp³-hybridized carbons (Fsp3) is 0.429. The van der Waals surface area contributed by atoms with E-state index in [1.807, 2.05) is 13.8 Å². The van der Waals surface area contributed by atoms with Gasteiger partial charge in [-0.15, -0.1) is 0 Å². The topological polar surface area (TPSA) is 75.5 Å². The molecule has 1 aromatic heterocycles. The van der Waals surface area contributed by atoms with E-state index in [0.29, 0.717) is 5.88 Å². The van der Waals surface area contributed by atoms with Gasteiger partial charge in [0.1, 0.15) is 0 Å². The van der Waals surface area contributed by atoms with Crippen LogP contribution in [0.4, 0.5) is 0 Å². The van der Waals surface area contributed by atoms with Crippen molar-refractivity contribution in [1.82, 2.24) is 9.97 Å². The Morgan fingerprint density at radius 3 is 2.38 bits per heavy atom. The van der Waals surface area contributed by atoms with Gasteiger partial charge in [-0.3, -0.25) is 4.98 Å². The Labute approximate surface area is 76.6 Å². The van der Waals surface area contributed by atoms with E-state index >= 15 is 0 Å². The molecule has 5 nitrogen and oxygen atoms in total. The fourth-order valence-corrected chi connectivity index (χ4v) is 0.762. The molecule has 70 valence electrons. The Morgan fingerprint density at radius 2 is 2.00 bits per heavy atom. The standard InChI is InChI=1S/C7H11BN2O3/c1-5(2)13-7-4-9-6(3-10-7)8(11)12/h3-5,11-12H,1-2H3. The molecule has 0 spiro atoms. The summed E-state index contributed by atoms with van der Waals surface area (Å²) in [6, 6.07) is 0. The summed E-state index contributed by atoms with van der Waals surface area (Å²) in [6.45, 7) is 3.74. The molecule has 0 amide bonds. The van der Waals surface area contributed by atoms with Gasteiger partial charge in [-0.25, -0.2) is 4.98 Å². The number of hydrogen-bond acceptors (Lipinski definition) is 5. The van der Waals surface area contributed by atoms with Crippen molar-refractivity contribution >= 4 is 12.7 Å². The first-order valence-corrected chi connectivity index (χ1v) is 3.94. The summed E-state index contributed by atoms with van der Waals surface area (Å²) in [4.78, 5) is 7.58. The van der Waals surface area contributed by atoms with E-state index in [2.05, 4.69) is 9.97 Å². The quantitative estimate of drug-likeness (QED) is 0.583. The second kappa shape index (κ2) is 4.20. The summed E-state index contributed by atoms with van der Waals surface area (Å²) in [7, 11) is -1.58. The molecule has 0 fully saturated rings. The second-order valence-corrected chi connectivity index (χ2v) is 2.82. The molecule has 1 aromatic rings. The summed E-state index contributed by atoms with van der Waals surface area (Å²) in [5.41, 5.74) is 0.108. The van der Waals surface area contributed by atoms with Crippen molar-refractivity contribution in [3.8, 4) is 5.88 Å². The molecule has 1 heterocycles. The lowest BCUT2D eigenvalue weighted by molar-refractivity contribution is 0.231. The smallest absolute Gasteiger partial charge is 0.474 e. The zero-order valence-electron chi connectivity index (χ0n) is 7.51. The molecule has 0 aliphatic heterocycles. The number of aromatic nitrogens is 2.